The molecule has 4 aromatic rings. The van der Waals surface area contributed by atoms with Crippen LogP contribution in [0.3, 0.4) is 0 Å². The molecule has 1 aromatic carbocycles. The maximum Gasteiger partial charge on any atom is 0.180 e. The first-order chi connectivity index (χ1) is 15.0. The van der Waals surface area contributed by atoms with Crippen molar-refractivity contribution in [2.75, 3.05) is 18.4 Å². The molecule has 1 saturated heterocycles. The second-order valence-corrected chi connectivity index (χ2v) is 7.60. The molecule has 160 valence electrons. The predicted octanol–water partition coefficient (Wildman–Crippen LogP) is 3.80. The number of benzene rings is 1. The summed E-state index contributed by atoms with van der Waals surface area (Å²) in [4.78, 5) is 8.73. The van der Waals surface area contributed by atoms with Gasteiger partial charge in [-0.3, -0.25) is 9.08 Å². The van der Waals surface area contributed by atoms with E-state index in [0.717, 1.165) is 12.6 Å². The highest BCUT2D eigenvalue weighted by atomic mass is 19.1. The molecule has 0 unspecified atom stereocenters. The van der Waals surface area contributed by atoms with Crippen molar-refractivity contribution >= 4 is 17.2 Å². The van der Waals surface area contributed by atoms with Crippen LogP contribution >= 0.6 is 0 Å². The standard InChI is InChI=1S/C21H20F3N7/c1-12-6-14(16(23)7-15(12)22)19-10-27-20(21-26-4-5-30(19)21)29-13-8-28-31(11-13)18-2-3-25-9-17(18)24/h4-8,10-11,17-18,25H,2-3,9H2,1H3,(H,27,29)/t17-,18+/m0/s1. The van der Waals surface area contributed by atoms with Crippen LogP contribution in [0, 0.1) is 18.6 Å². The lowest BCUT2D eigenvalue weighted by Crippen LogP contribution is -2.39. The minimum absolute atomic E-state index is 0.230. The fourth-order valence-electron chi connectivity index (χ4n) is 3.89. The first kappa shape index (κ1) is 19.6. The molecule has 1 fully saturated rings. The molecule has 0 aliphatic carbocycles. The Morgan fingerprint density at radius 3 is 2.87 bits per heavy atom. The summed E-state index contributed by atoms with van der Waals surface area (Å²) in [6, 6.07) is 2.00. The Bertz CT molecular complexity index is 1250. The van der Waals surface area contributed by atoms with E-state index in [0.29, 0.717) is 41.4 Å². The Labute approximate surface area is 175 Å². The molecule has 0 saturated carbocycles. The van der Waals surface area contributed by atoms with Crippen LogP contribution in [0.2, 0.25) is 0 Å². The van der Waals surface area contributed by atoms with E-state index in [1.54, 1.807) is 40.8 Å². The zero-order valence-corrected chi connectivity index (χ0v) is 16.7. The number of rotatable bonds is 4. The molecule has 0 amide bonds. The fraction of sp³-hybridized carbons (Fsp3) is 0.286. The number of hydrogen-bond acceptors (Lipinski definition) is 5. The number of alkyl halides is 1. The Kier molecular flexibility index (Phi) is 4.85. The number of fused-ring (bicyclic) bond motifs is 1. The number of piperidine rings is 1. The number of hydrogen-bond donors (Lipinski definition) is 2. The maximum atomic E-state index is 14.4. The van der Waals surface area contributed by atoms with Gasteiger partial charge in [-0.2, -0.15) is 5.10 Å². The fourth-order valence-corrected chi connectivity index (χ4v) is 3.89. The van der Waals surface area contributed by atoms with Crippen LogP contribution in [-0.4, -0.2) is 43.4 Å². The lowest BCUT2D eigenvalue weighted by Gasteiger charge is -2.26. The van der Waals surface area contributed by atoms with Crippen molar-refractivity contribution in [1.29, 1.82) is 0 Å². The number of halogens is 3. The number of nitrogens with one attached hydrogen (secondary N) is 2. The SMILES string of the molecule is Cc1cc(-c2cnc(Nc3cnn([C@@H]4CCNC[C@@H]4F)c3)c3nccn23)c(F)cc1F. The van der Waals surface area contributed by atoms with E-state index >= 15 is 0 Å². The first-order valence-electron chi connectivity index (χ1n) is 9.95. The lowest BCUT2D eigenvalue weighted by molar-refractivity contribution is 0.173. The molecule has 0 radical (unpaired) electrons. The van der Waals surface area contributed by atoms with Crippen LogP contribution < -0.4 is 10.6 Å². The lowest BCUT2D eigenvalue weighted by atomic mass is 10.1. The predicted molar refractivity (Wildman–Crippen MR) is 110 cm³/mol. The summed E-state index contributed by atoms with van der Waals surface area (Å²) in [5, 5.41) is 10.5. The van der Waals surface area contributed by atoms with Crippen LogP contribution in [0.5, 0.6) is 0 Å². The first-order valence-corrected chi connectivity index (χ1v) is 9.95. The van der Waals surface area contributed by atoms with E-state index in [4.69, 9.17) is 0 Å². The summed E-state index contributed by atoms with van der Waals surface area (Å²) < 4.78 is 45.6. The third-order valence-corrected chi connectivity index (χ3v) is 5.53. The number of aromatic nitrogens is 5. The minimum atomic E-state index is -1.01. The van der Waals surface area contributed by atoms with E-state index in [1.165, 1.54) is 12.3 Å². The van der Waals surface area contributed by atoms with E-state index in [-0.39, 0.29) is 11.6 Å². The Balaban J connectivity index is 1.47. The van der Waals surface area contributed by atoms with Gasteiger partial charge in [-0.1, -0.05) is 0 Å². The zero-order valence-electron chi connectivity index (χ0n) is 16.7. The molecule has 10 heteroatoms. The van der Waals surface area contributed by atoms with Gasteiger partial charge >= 0.3 is 0 Å². The summed E-state index contributed by atoms with van der Waals surface area (Å²) in [7, 11) is 0. The monoisotopic (exact) mass is 427 g/mol. The molecule has 1 aliphatic rings. The van der Waals surface area contributed by atoms with Gasteiger partial charge < -0.3 is 10.6 Å². The van der Waals surface area contributed by atoms with Crippen molar-refractivity contribution in [2.24, 2.45) is 0 Å². The van der Waals surface area contributed by atoms with E-state index < -0.39 is 17.8 Å². The van der Waals surface area contributed by atoms with Gasteiger partial charge in [0.1, 0.15) is 17.8 Å². The molecule has 4 heterocycles. The molecule has 2 N–H and O–H groups in total. The molecule has 1 aliphatic heterocycles. The van der Waals surface area contributed by atoms with Crippen LogP contribution in [0.1, 0.15) is 18.0 Å². The minimum Gasteiger partial charge on any atom is -0.335 e. The van der Waals surface area contributed by atoms with Crippen LogP contribution in [-0.2, 0) is 0 Å². The summed E-state index contributed by atoms with van der Waals surface area (Å²) in [5.74, 6) is -0.838. The highest BCUT2D eigenvalue weighted by molar-refractivity contribution is 5.74. The van der Waals surface area contributed by atoms with Crippen molar-refractivity contribution in [2.45, 2.75) is 25.6 Å². The van der Waals surface area contributed by atoms with Gasteiger partial charge in [-0.05, 0) is 31.5 Å². The molecular formula is C21H20F3N7. The molecule has 0 spiro atoms. The van der Waals surface area contributed by atoms with E-state index in [1.807, 2.05) is 0 Å². The number of aryl methyl sites for hydroxylation is 1. The van der Waals surface area contributed by atoms with Crippen LogP contribution in [0.15, 0.2) is 43.1 Å². The molecule has 3 aromatic heterocycles. The van der Waals surface area contributed by atoms with Crippen molar-refractivity contribution in [1.82, 2.24) is 29.5 Å². The Morgan fingerprint density at radius 2 is 2.03 bits per heavy atom. The summed E-state index contributed by atoms with van der Waals surface area (Å²) in [5.41, 5.74) is 2.12. The molecule has 31 heavy (non-hydrogen) atoms. The normalized spacial score (nSPS) is 19.1. The third-order valence-electron chi connectivity index (χ3n) is 5.53. The van der Waals surface area contributed by atoms with Crippen molar-refractivity contribution < 1.29 is 13.2 Å². The number of anilines is 2. The van der Waals surface area contributed by atoms with Crippen LogP contribution in [0.25, 0.3) is 16.9 Å². The van der Waals surface area contributed by atoms with Gasteiger partial charge in [-0.15, -0.1) is 0 Å². The summed E-state index contributed by atoms with van der Waals surface area (Å²) in [6.07, 6.45) is 7.75. The van der Waals surface area contributed by atoms with Gasteiger partial charge in [0.25, 0.3) is 0 Å². The topological polar surface area (TPSA) is 72.1 Å². The molecule has 7 nitrogen and oxygen atoms in total. The van der Waals surface area contributed by atoms with Gasteiger partial charge in [0.05, 0.1) is 29.8 Å². The molecule has 0 bridgehead atoms. The number of nitrogens with zero attached hydrogens (tertiary/aromatic N) is 5. The van der Waals surface area contributed by atoms with E-state index in [9.17, 15) is 13.2 Å². The van der Waals surface area contributed by atoms with Crippen molar-refractivity contribution in [3.63, 3.8) is 0 Å². The van der Waals surface area contributed by atoms with Gasteiger partial charge in [0.15, 0.2) is 11.5 Å². The molecule has 2 atom stereocenters. The van der Waals surface area contributed by atoms with Gasteiger partial charge in [-0.25, -0.2) is 23.1 Å². The van der Waals surface area contributed by atoms with Crippen LogP contribution in [0.4, 0.5) is 24.7 Å². The summed E-state index contributed by atoms with van der Waals surface area (Å²) >= 11 is 0. The Morgan fingerprint density at radius 1 is 1.16 bits per heavy atom. The Hall–Kier alpha value is -3.40. The largest absolute Gasteiger partial charge is 0.335 e. The van der Waals surface area contributed by atoms with E-state index in [2.05, 4.69) is 25.7 Å². The van der Waals surface area contributed by atoms with Crippen molar-refractivity contribution in [3.8, 4) is 11.3 Å². The number of imidazole rings is 1. The highest BCUT2D eigenvalue weighted by Gasteiger charge is 2.26. The second kappa shape index (κ2) is 7.69. The molecular weight excluding hydrogens is 407 g/mol. The third kappa shape index (κ3) is 3.52. The smallest absolute Gasteiger partial charge is 0.180 e. The van der Waals surface area contributed by atoms with Gasteiger partial charge in [0.2, 0.25) is 0 Å². The average molecular weight is 427 g/mol. The highest BCUT2D eigenvalue weighted by Crippen LogP contribution is 2.29. The molecule has 5 rings (SSSR count). The zero-order chi connectivity index (χ0) is 21.5. The van der Waals surface area contributed by atoms with Gasteiger partial charge in [0, 0.05) is 36.8 Å². The quantitative estimate of drug-likeness (QED) is 0.519. The second-order valence-electron chi connectivity index (χ2n) is 7.60. The summed E-state index contributed by atoms with van der Waals surface area (Å²) in [6.45, 7) is 2.63. The average Bonchev–Trinajstić information content (AvgIpc) is 3.42. The maximum absolute atomic E-state index is 14.4. The van der Waals surface area contributed by atoms with Crippen molar-refractivity contribution in [3.05, 3.63) is 60.3 Å².